The summed E-state index contributed by atoms with van der Waals surface area (Å²) in [6.07, 6.45) is 8.64. The first-order chi connectivity index (χ1) is 30.0. The molecule has 0 spiro atoms. The summed E-state index contributed by atoms with van der Waals surface area (Å²) in [5.41, 5.74) is -0.933. The Hall–Kier alpha value is -5.79. The molecule has 1 saturated heterocycles. The smallest absolute Gasteiger partial charge is 0.410 e. The van der Waals surface area contributed by atoms with Gasteiger partial charge in [-0.15, -0.1) is 6.58 Å². The zero-order valence-corrected chi connectivity index (χ0v) is 36.4. The van der Waals surface area contributed by atoms with Crippen LogP contribution in [0.5, 0.6) is 11.5 Å². The Morgan fingerprint density at radius 3 is 2.43 bits per heavy atom. The lowest BCUT2D eigenvalue weighted by molar-refractivity contribution is -0.145. The fourth-order valence-electron chi connectivity index (χ4n) is 9.13. The van der Waals surface area contributed by atoms with Crippen molar-refractivity contribution in [1.82, 2.24) is 40.4 Å². The highest BCUT2D eigenvalue weighted by molar-refractivity contribution is 7.91. The minimum Gasteiger partial charge on any atom is -0.454 e. The minimum atomic E-state index is -3.97. The van der Waals surface area contributed by atoms with E-state index in [0.717, 1.165) is 30.4 Å². The predicted octanol–water partition coefficient (Wildman–Crippen LogP) is 2.21. The van der Waals surface area contributed by atoms with Gasteiger partial charge in [-0.2, -0.15) is 0 Å². The zero-order valence-electron chi connectivity index (χ0n) is 35.6. The van der Waals surface area contributed by atoms with Gasteiger partial charge in [-0.05, 0) is 55.1 Å². The number of nitrogens with one attached hydrogen (secondary N) is 4. The molecule has 2 aromatic rings. The lowest BCUT2D eigenvalue weighted by Gasteiger charge is -2.37. The molecule has 3 saturated carbocycles. The highest BCUT2D eigenvalue weighted by Gasteiger charge is 2.62. The number of aromatic nitrogens is 2. The SMILES string of the molecule is C=C[C@H]1C[C@@]1(NC(=O)C1C[C@@H](OC(=O)N2Cc3ccc4c(c3C2)OCO4)CN1C(=O)[C@@H](NC(=O)[C@@H](NC(=O)c1cnccn1)C1CCCCC1)C(C)(C)C)C(=O)NS(=O)(=O)C1CC1. The van der Waals surface area contributed by atoms with Crippen molar-refractivity contribution in [3.8, 4) is 11.5 Å². The number of hydrogen-bond acceptors (Lipinski definition) is 13. The number of hydrogen-bond donors (Lipinski definition) is 4. The van der Waals surface area contributed by atoms with Crippen LogP contribution in [-0.4, -0.2) is 112 Å². The van der Waals surface area contributed by atoms with Gasteiger partial charge in [0.15, 0.2) is 11.5 Å². The Bertz CT molecular complexity index is 2300. The lowest BCUT2D eigenvalue weighted by atomic mass is 9.82. The summed E-state index contributed by atoms with van der Waals surface area (Å²) in [6.45, 7) is 9.25. The summed E-state index contributed by atoms with van der Waals surface area (Å²) in [5, 5.41) is 7.83. The van der Waals surface area contributed by atoms with Crippen LogP contribution >= 0.6 is 0 Å². The van der Waals surface area contributed by atoms with Crippen molar-refractivity contribution in [2.24, 2.45) is 17.3 Å². The maximum Gasteiger partial charge on any atom is 0.410 e. The van der Waals surface area contributed by atoms with E-state index in [2.05, 4.69) is 37.2 Å². The summed E-state index contributed by atoms with van der Waals surface area (Å²) in [5.74, 6) is -3.23. The molecule has 338 valence electrons. The molecule has 19 nitrogen and oxygen atoms in total. The Kier molecular flexibility index (Phi) is 11.9. The number of carbonyl (C=O) groups is 6. The number of likely N-dealkylation sites (tertiary alicyclic amines) is 1. The number of amides is 6. The highest BCUT2D eigenvalue weighted by atomic mass is 32.2. The third kappa shape index (κ3) is 9.04. The molecule has 20 heteroatoms. The number of rotatable bonds is 13. The topological polar surface area (TPSA) is 245 Å². The lowest BCUT2D eigenvalue weighted by Crippen LogP contribution is -2.62. The molecule has 3 aliphatic carbocycles. The summed E-state index contributed by atoms with van der Waals surface area (Å²) in [4.78, 5) is 95.5. The largest absolute Gasteiger partial charge is 0.454 e. The van der Waals surface area contributed by atoms with Crippen molar-refractivity contribution in [3.05, 3.63) is 60.2 Å². The average Bonchev–Trinajstić information content (AvgIpc) is 4.06. The van der Waals surface area contributed by atoms with Crippen LogP contribution in [0.2, 0.25) is 0 Å². The van der Waals surface area contributed by atoms with Crippen molar-refractivity contribution in [3.63, 3.8) is 0 Å². The van der Waals surface area contributed by atoms with Crippen molar-refractivity contribution in [2.45, 2.75) is 127 Å². The number of benzene rings is 1. The van der Waals surface area contributed by atoms with E-state index in [1.807, 2.05) is 6.07 Å². The molecule has 8 rings (SSSR count). The van der Waals surface area contributed by atoms with E-state index in [9.17, 15) is 32.4 Å². The van der Waals surface area contributed by atoms with Crippen molar-refractivity contribution < 1.29 is 51.4 Å². The molecule has 6 aliphatic rings. The average molecular weight is 891 g/mol. The third-order valence-electron chi connectivity index (χ3n) is 13.0. The van der Waals surface area contributed by atoms with E-state index in [1.165, 1.54) is 34.5 Å². The fourth-order valence-corrected chi connectivity index (χ4v) is 10.5. The Labute approximate surface area is 365 Å². The molecule has 63 heavy (non-hydrogen) atoms. The van der Waals surface area contributed by atoms with Gasteiger partial charge in [0.05, 0.1) is 24.5 Å². The molecule has 4 fully saturated rings. The second-order valence-corrected chi connectivity index (χ2v) is 20.4. The molecule has 1 unspecified atom stereocenters. The van der Waals surface area contributed by atoms with Crippen molar-refractivity contribution in [1.29, 1.82) is 0 Å². The molecule has 1 aromatic carbocycles. The van der Waals surface area contributed by atoms with Crippen LogP contribution < -0.4 is 30.1 Å². The van der Waals surface area contributed by atoms with Crippen LogP contribution in [0, 0.1) is 17.3 Å². The summed E-state index contributed by atoms with van der Waals surface area (Å²) >= 11 is 0. The minimum absolute atomic E-state index is 0.0242. The first-order valence-electron chi connectivity index (χ1n) is 21.5. The van der Waals surface area contributed by atoms with E-state index in [1.54, 1.807) is 26.8 Å². The Balaban J connectivity index is 1.04. The van der Waals surface area contributed by atoms with Crippen molar-refractivity contribution in [2.75, 3.05) is 13.3 Å². The monoisotopic (exact) mass is 890 g/mol. The van der Waals surface area contributed by atoms with Crippen LogP contribution in [-0.2, 0) is 47.0 Å². The first kappa shape index (κ1) is 43.8. The van der Waals surface area contributed by atoms with Gasteiger partial charge in [0.25, 0.3) is 11.8 Å². The van der Waals surface area contributed by atoms with Gasteiger partial charge < -0.3 is 35.1 Å². The van der Waals surface area contributed by atoms with Gasteiger partial charge in [-0.1, -0.05) is 52.2 Å². The first-order valence-corrected chi connectivity index (χ1v) is 23.1. The van der Waals surface area contributed by atoms with E-state index in [4.69, 9.17) is 14.2 Å². The fraction of sp³-hybridized carbons (Fsp3) is 0.581. The summed E-state index contributed by atoms with van der Waals surface area (Å²) in [6, 6.07) is 0.0300. The van der Waals surface area contributed by atoms with Crippen LogP contribution in [0.3, 0.4) is 0 Å². The van der Waals surface area contributed by atoms with Crippen LogP contribution in [0.15, 0.2) is 43.4 Å². The molecule has 4 N–H and O–H groups in total. The predicted molar refractivity (Wildman–Crippen MR) is 223 cm³/mol. The van der Waals surface area contributed by atoms with Crippen LogP contribution in [0.1, 0.15) is 100 Å². The molecule has 3 aliphatic heterocycles. The highest BCUT2D eigenvalue weighted by Crippen LogP contribution is 2.46. The maximum absolute atomic E-state index is 15.0. The van der Waals surface area contributed by atoms with Gasteiger partial charge in [0.1, 0.15) is 35.5 Å². The molecular weight excluding hydrogens is 837 g/mol. The Morgan fingerprint density at radius 2 is 1.76 bits per heavy atom. The van der Waals surface area contributed by atoms with Gasteiger partial charge >= 0.3 is 6.09 Å². The summed E-state index contributed by atoms with van der Waals surface area (Å²) in [7, 11) is -3.97. The van der Waals surface area contributed by atoms with Gasteiger partial charge in [0.2, 0.25) is 34.5 Å². The third-order valence-corrected chi connectivity index (χ3v) is 14.8. The second-order valence-electron chi connectivity index (χ2n) is 18.5. The number of carbonyl (C=O) groups excluding carboxylic acids is 6. The van der Waals surface area contributed by atoms with Gasteiger partial charge in [0, 0.05) is 36.8 Å². The van der Waals surface area contributed by atoms with E-state index in [-0.39, 0.29) is 50.9 Å². The van der Waals surface area contributed by atoms with Gasteiger partial charge in [-0.3, -0.25) is 38.6 Å². The van der Waals surface area contributed by atoms with Crippen molar-refractivity contribution >= 4 is 45.7 Å². The summed E-state index contributed by atoms with van der Waals surface area (Å²) < 4.78 is 45.0. The zero-order chi connectivity index (χ0) is 44.8. The quantitative estimate of drug-likeness (QED) is 0.211. The molecule has 1 aromatic heterocycles. The second kappa shape index (κ2) is 17.1. The van der Waals surface area contributed by atoms with E-state index >= 15 is 4.79 Å². The van der Waals surface area contributed by atoms with E-state index in [0.29, 0.717) is 37.2 Å². The number of sulfonamides is 1. The Morgan fingerprint density at radius 1 is 1.00 bits per heavy atom. The number of ether oxygens (including phenoxy) is 3. The number of fused-ring (bicyclic) bond motifs is 3. The standard InChI is InChI=1S/C43H54N8O11S/c1-5-26-18-43(26,40(56)49-63(58,59)28-12-13-28)48-37(53)31-17-27(62-41(57)50-20-25-11-14-32-34(29(25)22-50)61-23-60-32)21-51(31)39(55)35(42(2,3)4)47-38(54)33(24-9-7-6-8-10-24)46-36(52)30-19-44-15-16-45-30/h5,11,14-16,19,24,26-28,31,33,35H,1,6-10,12-13,17-18,20-23H2,2-4H3,(H,46,52)(H,47,54)(H,48,53)(H,49,56)/t26-,27+,31?,33-,35+,43-/m0/s1. The molecule has 6 amide bonds. The van der Waals surface area contributed by atoms with Crippen LogP contribution in [0.25, 0.3) is 0 Å². The molecule has 6 atom stereocenters. The normalized spacial score (nSPS) is 25.0. The van der Waals surface area contributed by atoms with Crippen LogP contribution in [0.4, 0.5) is 4.79 Å². The molecule has 0 bridgehead atoms. The van der Waals surface area contributed by atoms with E-state index < -0.39 is 92.0 Å². The number of nitrogens with zero attached hydrogens (tertiary/aromatic N) is 4. The molecular formula is C43H54N8O11S. The molecule has 0 radical (unpaired) electrons. The maximum atomic E-state index is 15.0. The molecule has 4 heterocycles. The van der Waals surface area contributed by atoms with Gasteiger partial charge in [-0.25, -0.2) is 18.2 Å².